The van der Waals surface area contributed by atoms with Gasteiger partial charge in [-0.05, 0) is 31.5 Å². The van der Waals surface area contributed by atoms with E-state index in [1.165, 1.54) is 0 Å². The van der Waals surface area contributed by atoms with Crippen LogP contribution in [0, 0.1) is 6.92 Å². The fourth-order valence-electron chi connectivity index (χ4n) is 2.26. The van der Waals surface area contributed by atoms with Crippen molar-refractivity contribution >= 4 is 29.9 Å². The molecule has 1 aromatic heterocycles. The van der Waals surface area contributed by atoms with Crippen LogP contribution < -0.4 is 15.4 Å². The van der Waals surface area contributed by atoms with Crippen molar-refractivity contribution in [2.24, 2.45) is 4.99 Å². The summed E-state index contributed by atoms with van der Waals surface area (Å²) in [6, 6.07) is 8.11. The van der Waals surface area contributed by atoms with Gasteiger partial charge in [-0.25, -0.2) is 0 Å². The Kier molecular flexibility index (Phi) is 10.7. The molecule has 2 rings (SSSR count). The van der Waals surface area contributed by atoms with Crippen molar-refractivity contribution in [3.05, 3.63) is 47.3 Å². The minimum atomic E-state index is 0. The summed E-state index contributed by atoms with van der Waals surface area (Å²) >= 11 is 0. The number of rotatable bonds is 9. The number of aryl methyl sites for hydroxylation is 1. The van der Waals surface area contributed by atoms with Gasteiger partial charge in [0.1, 0.15) is 12.4 Å². The molecular weight excluding hydrogens is 445 g/mol. The lowest BCUT2D eigenvalue weighted by atomic mass is 10.1. The Morgan fingerprint density at radius 2 is 2.00 bits per heavy atom. The van der Waals surface area contributed by atoms with Crippen molar-refractivity contribution in [2.75, 3.05) is 26.9 Å². The van der Waals surface area contributed by atoms with E-state index in [4.69, 9.17) is 9.47 Å². The standard InChI is InChI=1S/C18H27N5O2.HI/c1-4-24-9-10-25-17-11-14(2)5-6-15(17)12-20-18(19-3)21-13-16-7-8-22-23-16;/h5-8,11H,4,9-10,12-13H2,1-3H3,(H,22,23)(H2,19,20,21);1H. The molecule has 2 aromatic rings. The van der Waals surface area contributed by atoms with Crippen LogP contribution in [-0.4, -0.2) is 43.0 Å². The van der Waals surface area contributed by atoms with Crippen LogP contribution >= 0.6 is 24.0 Å². The number of aromatic amines is 1. The molecule has 0 saturated carbocycles. The van der Waals surface area contributed by atoms with Crippen molar-refractivity contribution in [1.29, 1.82) is 0 Å². The first-order chi connectivity index (χ1) is 12.2. The fourth-order valence-corrected chi connectivity index (χ4v) is 2.26. The van der Waals surface area contributed by atoms with E-state index in [2.05, 4.69) is 44.9 Å². The summed E-state index contributed by atoms with van der Waals surface area (Å²) in [4.78, 5) is 4.24. The van der Waals surface area contributed by atoms with Gasteiger partial charge in [0.25, 0.3) is 0 Å². The third-order valence-electron chi connectivity index (χ3n) is 3.59. The maximum atomic E-state index is 5.87. The number of nitrogens with zero attached hydrogens (tertiary/aromatic N) is 2. The monoisotopic (exact) mass is 473 g/mol. The highest BCUT2D eigenvalue weighted by atomic mass is 127. The van der Waals surface area contributed by atoms with Crippen molar-refractivity contribution in [3.8, 4) is 5.75 Å². The highest BCUT2D eigenvalue weighted by molar-refractivity contribution is 14.0. The van der Waals surface area contributed by atoms with Gasteiger partial charge in [0, 0.05) is 32.0 Å². The average Bonchev–Trinajstić information content (AvgIpc) is 3.14. The minimum Gasteiger partial charge on any atom is -0.491 e. The summed E-state index contributed by atoms with van der Waals surface area (Å²) in [5.41, 5.74) is 3.24. The molecule has 3 N–H and O–H groups in total. The lowest BCUT2D eigenvalue weighted by molar-refractivity contribution is 0.110. The first kappa shape index (κ1) is 22.2. The Morgan fingerprint density at radius 3 is 2.69 bits per heavy atom. The molecule has 0 unspecified atom stereocenters. The largest absolute Gasteiger partial charge is 0.491 e. The van der Waals surface area contributed by atoms with Crippen LogP contribution in [0.3, 0.4) is 0 Å². The Bertz CT molecular complexity index is 662. The number of hydrogen-bond acceptors (Lipinski definition) is 4. The summed E-state index contributed by atoms with van der Waals surface area (Å²) in [7, 11) is 1.75. The number of guanidine groups is 1. The van der Waals surface area contributed by atoms with Gasteiger partial charge in [-0.15, -0.1) is 24.0 Å². The predicted octanol–water partition coefficient (Wildman–Crippen LogP) is 2.62. The number of aliphatic imine (C=N–C) groups is 1. The van der Waals surface area contributed by atoms with Gasteiger partial charge in [0.2, 0.25) is 0 Å². The molecule has 0 spiro atoms. The summed E-state index contributed by atoms with van der Waals surface area (Å²) in [5.74, 6) is 1.59. The van der Waals surface area contributed by atoms with Gasteiger partial charge in [0.15, 0.2) is 5.96 Å². The Balaban J connectivity index is 0.00000338. The summed E-state index contributed by atoms with van der Waals surface area (Å²) in [6.07, 6.45) is 1.73. The SMILES string of the molecule is CCOCCOc1cc(C)ccc1CNC(=NC)NCc1ccn[nH]1.I. The molecule has 0 aliphatic heterocycles. The van der Waals surface area contributed by atoms with Crippen LogP contribution in [0.25, 0.3) is 0 Å². The van der Waals surface area contributed by atoms with Crippen LogP contribution in [0.4, 0.5) is 0 Å². The van der Waals surface area contributed by atoms with Crippen molar-refractivity contribution in [3.63, 3.8) is 0 Å². The second-order valence-electron chi connectivity index (χ2n) is 5.52. The summed E-state index contributed by atoms with van der Waals surface area (Å²) in [5, 5.41) is 13.4. The number of benzene rings is 1. The van der Waals surface area contributed by atoms with Crippen LogP contribution in [0.1, 0.15) is 23.7 Å². The molecular formula is C18H28IN5O2. The minimum absolute atomic E-state index is 0. The van der Waals surface area contributed by atoms with Crippen molar-refractivity contribution in [1.82, 2.24) is 20.8 Å². The molecule has 1 heterocycles. The molecule has 144 valence electrons. The van der Waals surface area contributed by atoms with E-state index in [0.717, 1.165) is 28.5 Å². The fraction of sp³-hybridized carbons (Fsp3) is 0.444. The number of aromatic nitrogens is 2. The quantitative estimate of drug-likeness (QED) is 0.226. The Labute approximate surface area is 172 Å². The van der Waals surface area contributed by atoms with Gasteiger partial charge in [-0.3, -0.25) is 10.1 Å². The molecule has 26 heavy (non-hydrogen) atoms. The van der Waals surface area contributed by atoms with Crippen LogP contribution in [-0.2, 0) is 17.8 Å². The van der Waals surface area contributed by atoms with Gasteiger partial charge >= 0.3 is 0 Å². The normalized spacial score (nSPS) is 11.0. The lowest BCUT2D eigenvalue weighted by Gasteiger charge is -2.15. The topological polar surface area (TPSA) is 83.6 Å². The van der Waals surface area contributed by atoms with E-state index >= 15 is 0 Å². The van der Waals surface area contributed by atoms with Crippen molar-refractivity contribution < 1.29 is 9.47 Å². The smallest absolute Gasteiger partial charge is 0.191 e. The molecule has 0 fully saturated rings. The zero-order chi connectivity index (χ0) is 17.9. The maximum Gasteiger partial charge on any atom is 0.191 e. The Hall–Kier alpha value is -1.81. The molecule has 0 bridgehead atoms. The zero-order valence-electron chi connectivity index (χ0n) is 15.5. The lowest BCUT2D eigenvalue weighted by Crippen LogP contribution is -2.36. The summed E-state index contributed by atoms with van der Waals surface area (Å²) in [6.45, 7) is 7.10. The van der Waals surface area contributed by atoms with Crippen LogP contribution in [0.5, 0.6) is 5.75 Å². The molecule has 0 amide bonds. The second-order valence-corrected chi connectivity index (χ2v) is 5.52. The van der Waals surface area contributed by atoms with E-state index in [9.17, 15) is 0 Å². The van der Waals surface area contributed by atoms with Gasteiger partial charge in [0.05, 0.1) is 18.8 Å². The third-order valence-corrected chi connectivity index (χ3v) is 3.59. The van der Waals surface area contributed by atoms with E-state index in [1.807, 2.05) is 19.1 Å². The van der Waals surface area contributed by atoms with E-state index in [1.54, 1.807) is 13.2 Å². The number of hydrogen-bond donors (Lipinski definition) is 3. The van der Waals surface area contributed by atoms with Crippen LogP contribution in [0.2, 0.25) is 0 Å². The molecule has 1 aromatic carbocycles. The molecule has 0 aliphatic carbocycles. The molecule has 8 heteroatoms. The first-order valence-electron chi connectivity index (χ1n) is 8.45. The Morgan fingerprint density at radius 1 is 1.19 bits per heavy atom. The molecule has 0 atom stereocenters. The van der Waals surface area contributed by atoms with Gasteiger partial charge in [-0.2, -0.15) is 5.10 Å². The van der Waals surface area contributed by atoms with E-state index in [0.29, 0.717) is 32.9 Å². The zero-order valence-corrected chi connectivity index (χ0v) is 17.9. The molecule has 0 aliphatic rings. The van der Waals surface area contributed by atoms with Gasteiger partial charge < -0.3 is 20.1 Å². The molecule has 7 nitrogen and oxygen atoms in total. The number of nitrogens with one attached hydrogen (secondary N) is 3. The highest BCUT2D eigenvalue weighted by Crippen LogP contribution is 2.20. The maximum absolute atomic E-state index is 5.87. The highest BCUT2D eigenvalue weighted by Gasteiger charge is 2.06. The number of halogens is 1. The van der Waals surface area contributed by atoms with Crippen LogP contribution in [0.15, 0.2) is 35.5 Å². The van der Waals surface area contributed by atoms with E-state index < -0.39 is 0 Å². The third kappa shape index (κ3) is 7.61. The first-order valence-corrected chi connectivity index (χ1v) is 8.45. The number of ether oxygens (including phenoxy) is 2. The summed E-state index contributed by atoms with van der Waals surface area (Å²) < 4.78 is 11.2. The van der Waals surface area contributed by atoms with Crippen molar-refractivity contribution in [2.45, 2.75) is 26.9 Å². The second kappa shape index (κ2) is 12.5. The van der Waals surface area contributed by atoms with E-state index in [-0.39, 0.29) is 24.0 Å². The molecule has 0 radical (unpaired) electrons. The predicted molar refractivity (Wildman–Crippen MR) is 114 cm³/mol. The van der Waals surface area contributed by atoms with Gasteiger partial charge in [-0.1, -0.05) is 12.1 Å². The molecule has 0 saturated heterocycles. The number of H-pyrrole nitrogens is 1. The average molecular weight is 473 g/mol.